The zero-order chi connectivity index (χ0) is 19.8. The number of aromatic amines is 5. The van der Waals surface area contributed by atoms with Crippen LogP contribution in [0.4, 0.5) is 5.82 Å². The van der Waals surface area contributed by atoms with Crippen LogP contribution in [0.3, 0.4) is 0 Å². The van der Waals surface area contributed by atoms with Crippen LogP contribution in [-0.4, -0.2) is 39.9 Å². The lowest BCUT2D eigenvalue weighted by atomic mass is 10.4. The van der Waals surface area contributed by atoms with Gasteiger partial charge in [-0.2, -0.15) is 0 Å². The lowest BCUT2D eigenvalue weighted by Crippen LogP contribution is -2.22. The number of hydrogen-bond acceptors (Lipinski definition) is 8. The lowest BCUT2D eigenvalue weighted by Gasteiger charge is -1.89. The van der Waals surface area contributed by atoms with Crippen LogP contribution >= 0.6 is 0 Å². The minimum Gasteiger partial charge on any atom is -0.382 e. The lowest BCUT2D eigenvalue weighted by molar-refractivity contribution is 1.01. The number of rotatable bonds is 0. The third kappa shape index (κ3) is 5.63. The summed E-state index contributed by atoms with van der Waals surface area (Å²) in [5, 5.41) is 0. The SMILES string of the molecule is Cc1c[nH]c(=O)[nH]c1=O.Nc1ncnc2nc[nH]c12.O=c1cc[nH]c(=O)[nH]1. The summed E-state index contributed by atoms with van der Waals surface area (Å²) < 4.78 is 0. The molecule has 0 fully saturated rings. The van der Waals surface area contributed by atoms with Gasteiger partial charge in [0.15, 0.2) is 11.5 Å². The van der Waals surface area contributed by atoms with E-state index in [1.165, 1.54) is 31.1 Å². The summed E-state index contributed by atoms with van der Waals surface area (Å²) in [5.41, 5.74) is 5.63. The highest BCUT2D eigenvalue weighted by Gasteiger charge is 1.99. The molecule has 7 N–H and O–H groups in total. The number of aromatic nitrogens is 8. The number of H-pyrrole nitrogens is 5. The summed E-state index contributed by atoms with van der Waals surface area (Å²) in [5.74, 6) is 0.433. The third-order valence-corrected chi connectivity index (χ3v) is 2.94. The Morgan fingerprint density at radius 2 is 1.67 bits per heavy atom. The fraction of sp³-hybridized carbons (Fsp3) is 0.0714. The first kappa shape index (κ1) is 19.0. The highest BCUT2D eigenvalue weighted by atomic mass is 16.2. The van der Waals surface area contributed by atoms with Gasteiger partial charge in [0.1, 0.15) is 11.8 Å². The third-order valence-electron chi connectivity index (χ3n) is 2.94. The molecular weight excluding hydrogens is 358 g/mol. The molecule has 4 rings (SSSR count). The normalized spacial score (nSPS) is 9.67. The number of nitrogen functional groups attached to an aromatic ring is 1. The number of hydrogen-bond donors (Lipinski definition) is 6. The predicted molar refractivity (Wildman–Crippen MR) is 96.2 cm³/mol. The number of anilines is 1. The smallest absolute Gasteiger partial charge is 0.325 e. The van der Waals surface area contributed by atoms with Gasteiger partial charge < -0.3 is 20.7 Å². The van der Waals surface area contributed by atoms with Crippen LogP contribution in [0.5, 0.6) is 0 Å². The van der Waals surface area contributed by atoms with Gasteiger partial charge in [0.25, 0.3) is 11.1 Å². The molecule has 0 aliphatic carbocycles. The van der Waals surface area contributed by atoms with Gasteiger partial charge in [-0.05, 0) is 6.92 Å². The maximum absolute atomic E-state index is 10.6. The summed E-state index contributed by atoms with van der Waals surface area (Å²) in [6, 6.07) is 1.24. The Bertz CT molecular complexity index is 1220. The van der Waals surface area contributed by atoms with Crippen LogP contribution in [0.1, 0.15) is 5.56 Å². The topological polar surface area (TPSA) is 212 Å². The van der Waals surface area contributed by atoms with E-state index < -0.39 is 11.4 Å². The molecule has 0 bridgehead atoms. The Morgan fingerprint density at radius 1 is 0.926 bits per heavy atom. The van der Waals surface area contributed by atoms with E-state index in [2.05, 4.69) is 34.9 Å². The summed E-state index contributed by atoms with van der Waals surface area (Å²) >= 11 is 0. The summed E-state index contributed by atoms with van der Waals surface area (Å²) in [4.78, 5) is 64.3. The van der Waals surface area contributed by atoms with Crippen molar-refractivity contribution in [2.75, 3.05) is 5.73 Å². The fourth-order valence-corrected chi connectivity index (χ4v) is 1.64. The molecule has 140 valence electrons. The van der Waals surface area contributed by atoms with Gasteiger partial charge in [-0.1, -0.05) is 0 Å². The molecule has 0 unspecified atom stereocenters. The molecule has 0 atom stereocenters. The van der Waals surface area contributed by atoms with Crippen molar-refractivity contribution in [3.8, 4) is 0 Å². The van der Waals surface area contributed by atoms with E-state index >= 15 is 0 Å². The van der Waals surface area contributed by atoms with Crippen LogP contribution in [0.2, 0.25) is 0 Å². The zero-order valence-corrected chi connectivity index (χ0v) is 13.9. The molecule has 4 aromatic heterocycles. The van der Waals surface area contributed by atoms with Crippen LogP contribution in [0.15, 0.2) is 50.3 Å². The van der Waals surface area contributed by atoms with Gasteiger partial charge in [0.2, 0.25) is 0 Å². The van der Waals surface area contributed by atoms with Crippen molar-refractivity contribution in [3.63, 3.8) is 0 Å². The van der Waals surface area contributed by atoms with E-state index in [1.807, 2.05) is 4.98 Å². The first-order chi connectivity index (χ1) is 12.9. The molecule has 0 aliphatic rings. The van der Waals surface area contributed by atoms with Crippen molar-refractivity contribution < 1.29 is 0 Å². The van der Waals surface area contributed by atoms with Crippen molar-refractivity contribution in [2.24, 2.45) is 0 Å². The second-order valence-corrected chi connectivity index (χ2v) is 4.91. The summed E-state index contributed by atoms with van der Waals surface area (Å²) in [6.07, 6.45) is 5.59. The van der Waals surface area contributed by atoms with Crippen molar-refractivity contribution in [2.45, 2.75) is 6.92 Å². The highest BCUT2D eigenvalue weighted by Crippen LogP contribution is 2.09. The number of nitrogens with two attached hydrogens (primary N) is 1. The second kappa shape index (κ2) is 8.70. The molecule has 13 heteroatoms. The molecule has 4 heterocycles. The van der Waals surface area contributed by atoms with E-state index in [1.54, 1.807) is 6.92 Å². The van der Waals surface area contributed by atoms with Crippen molar-refractivity contribution in [1.29, 1.82) is 0 Å². The van der Waals surface area contributed by atoms with Gasteiger partial charge in [-0.25, -0.2) is 24.5 Å². The van der Waals surface area contributed by atoms with Crippen molar-refractivity contribution >= 4 is 17.0 Å². The largest absolute Gasteiger partial charge is 0.382 e. The monoisotopic (exact) mass is 373 g/mol. The molecule has 0 saturated heterocycles. The molecule has 0 spiro atoms. The maximum Gasteiger partial charge on any atom is 0.325 e. The van der Waals surface area contributed by atoms with Crippen LogP contribution < -0.4 is 28.2 Å². The molecule has 0 radical (unpaired) electrons. The van der Waals surface area contributed by atoms with E-state index in [9.17, 15) is 19.2 Å². The van der Waals surface area contributed by atoms with Crippen molar-refractivity contribution in [1.82, 2.24) is 39.9 Å². The Labute approximate surface area is 148 Å². The number of nitrogens with zero attached hydrogens (tertiary/aromatic N) is 3. The first-order valence-corrected chi connectivity index (χ1v) is 7.33. The molecule has 0 aromatic carbocycles. The molecule has 13 nitrogen and oxygen atoms in total. The van der Waals surface area contributed by atoms with Gasteiger partial charge in [0.05, 0.1) is 6.33 Å². The minimum atomic E-state index is -0.475. The predicted octanol–water partition coefficient (Wildman–Crippen LogP) is -1.63. The molecule has 27 heavy (non-hydrogen) atoms. The molecule has 4 aromatic rings. The van der Waals surface area contributed by atoms with Gasteiger partial charge >= 0.3 is 11.4 Å². The Balaban J connectivity index is 0.000000146. The van der Waals surface area contributed by atoms with Gasteiger partial charge in [0, 0.05) is 24.0 Å². The van der Waals surface area contributed by atoms with E-state index in [-0.39, 0.29) is 11.1 Å². The van der Waals surface area contributed by atoms with Crippen LogP contribution in [-0.2, 0) is 0 Å². The average Bonchev–Trinajstić information content (AvgIpc) is 3.10. The van der Waals surface area contributed by atoms with E-state index in [4.69, 9.17) is 5.73 Å². The average molecular weight is 373 g/mol. The van der Waals surface area contributed by atoms with E-state index in [0.29, 0.717) is 22.5 Å². The summed E-state index contributed by atoms with van der Waals surface area (Å²) in [7, 11) is 0. The number of aryl methyl sites for hydroxylation is 1. The van der Waals surface area contributed by atoms with E-state index in [0.717, 1.165) is 0 Å². The maximum atomic E-state index is 10.6. The summed E-state index contributed by atoms with van der Waals surface area (Å²) in [6.45, 7) is 1.62. The molecule has 0 saturated carbocycles. The Kier molecular flexibility index (Phi) is 6.14. The highest BCUT2D eigenvalue weighted by molar-refractivity contribution is 5.80. The minimum absolute atomic E-state index is 0.334. The molecule has 0 aliphatic heterocycles. The second-order valence-electron chi connectivity index (χ2n) is 4.91. The van der Waals surface area contributed by atoms with Crippen molar-refractivity contribution in [3.05, 3.63) is 78.4 Å². The Hall–Kier alpha value is -4.29. The molecular formula is C14H15N9O4. The molecule has 0 amide bonds. The Morgan fingerprint density at radius 3 is 2.22 bits per heavy atom. The van der Waals surface area contributed by atoms with Crippen LogP contribution in [0.25, 0.3) is 11.2 Å². The van der Waals surface area contributed by atoms with Gasteiger partial charge in [-0.3, -0.25) is 19.6 Å². The number of imidazole rings is 1. The first-order valence-electron chi connectivity index (χ1n) is 7.33. The fourth-order valence-electron chi connectivity index (χ4n) is 1.64. The van der Waals surface area contributed by atoms with Gasteiger partial charge in [-0.15, -0.1) is 0 Å². The number of nitrogens with one attached hydrogen (secondary N) is 5. The number of fused-ring (bicyclic) bond motifs is 1. The standard InChI is InChI=1S/C5H5N5.C5H6N2O2.C4H4N2O2/c6-4-3-5(9-1-7-3)10-2-8-4;1-3-2-6-5(9)7-4(3)8;7-3-1-2-5-4(8)6-3/h1-2H,(H3,6,7,8,9,10);2H,1H3,(H2,6,7,8,9);1-2H,(H2,5,6,7,8). The quantitative estimate of drug-likeness (QED) is 0.210. The van der Waals surface area contributed by atoms with Crippen LogP contribution in [0, 0.1) is 6.92 Å². The zero-order valence-electron chi connectivity index (χ0n) is 13.9.